The van der Waals surface area contributed by atoms with Gasteiger partial charge < -0.3 is 5.11 Å². The van der Waals surface area contributed by atoms with Crippen LogP contribution in [0.15, 0.2) is 53.4 Å². The van der Waals surface area contributed by atoms with E-state index in [0.717, 1.165) is 5.56 Å². The van der Waals surface area contributed by atoms with Crippen molar-refractivity contribution in [2.24, 2.45) is 0 Å². The Hall–Kier alpha value is -1.41. The first kappa shape index (κ1) is 10.1. The molecule has 0 atom stereocenters. The lowest BCUT2D eigenvalue weighted by Gasteiger charge is -2.06. The number of phenols is 1. The van der Waals surface area contributed by atoms with Crippen LogP contribution in [0, 0.1) is 0 Å². The number of benzene rings is 2. The SMILES string of the molecule is CSc1ccccc1-c1ccc(O)cc1. The lowest BCUT2D eigenvalue weighted by molar-refractivity contribution is 0.475. The minimum absolute atomic E-state index is 0.306. The smallest absolute Gasteiger partial charge is 0.115 e. The number of hydrogen-bond acceptors (Lipinski definition) is 2. The predicted octanol–water partition coefficient (Wildman–Crippen LogP) is 3.78. The molecular weight excluding hydrogens is 204 g/mol. The van der Waals surface area contributed by atoms with Gasteiger partial charge in [-0.15, -0.1) is 11.8 Å². The molecule has 0 radical (unpaired) electrons. The zero-order valence-corrected chi connectivity index (χ0v) is 9.29. The summed E-state index contributed by atoms with van der Waals surface area (Å²) < 4.78 is 0. The van der Waals surface area contributed by atoms with Crippen LogP contribution in [0.3, 0.4) is 0 Å². The summed E-state index contributed by atoms with van der Waals surface area (Å²) in [6.07, 6.45) is 2.07. The third-order valence-corrected chi connectivity index (χ3v) is 3.08. The fourth-order valence-corrected chi connectivity index (χ4v) is 2.14. The zero-order valence-electron chi connectivity index (χ0n) is 8.47. The third kappa shape index (κ3) is 2.16. The minimum atomic E-state index is 0.306. The summed E-state index contributed by atoms with van der Waals surface area (Å²) >= 11 is 1.73. The van der Waals surface area contributed by atoms with E-state index in [2.05, 4.69) is 18.4 Å². The van der Waals surface area contributed by atoms with Gasteiger partial charge in [0.05, 0.1) is 0 Å². The summed E-state index contributed by atoms with van der Waals surface area (Å²) in [7, 11) is 0. The molecule has 0 spiro atoms. The molecule has 0 heterocycles. The van der Waals surface area contributed by atoms with Crippen molar-refractivity contribution in [1.29, 1.82) is 0 Å². The van der Waals surface area contributed by atoms with Gasteiger partial charge in [0.25, 0.3) is 0 Å². The molecule has 2 rings (SSSR count). The second-order valence-electron chi connectivity index (χ2n) is 3.25. The number of aromatic hydroxyl groups is 1. The highest BCUT2D eigenvalue weighted by molar-refractivity contribution is 7.98. The van der Waals surface area contributed by atoms with Crippen molar-refractivity contribution in [3.63, 3.8) is 0 Å². The van der Waals surface area contributed by atoms with Gasteiger partial charge >= 0.3 is 0 Å². The van der Waals surface area contributed by atoms with E-state index in [-0.39, 0.29) is 0 Å². The summed E-state index contributed by atoms with van der Waals surface area (Å²) in [4.78, 5) is 1.25. The van der Waals surface area contributed by atoms with Gasteiger partial charge in [-0.05, 0) is 35.6 Å². The molecule has 1 nitrogen and oxygen atoms in total. The largest absolute Gasteiger partial charge is 0.508 e. The highest BCUT2D eigenvalue weighted by atomic mass is 32.2. The van der Waals surface area contributed by atoms with Crippen molar-refractivity contribution in [3.05, 3.63) is 48.5 Å². The topological polar surface area (TPSA) is 20.2 Å². The molecule has 1 N–H and O–H groups in total. The molecule has 15 heavy (non-hydrogen) atoms. The summed E-state index contributed by atoms with van der Waals surface area (Å²) in [5.41, 5.74) is 2.35. The quantitative estimate of drug-likeness (QED) is 0.771. The van der Waals surface area contributed by atoms with E-state index in [9.17, 15) is 5.11 Å². The molecule has 0 aromatic heterocycles. The average molecular weight is 216 g/mol. The van der Waals surface area contributed by atoms with Crippen LogP contribution in [0.5, 0.6) is 5.75 Å². The zero-order chi connectivity index (χ0) is 10.7. The molecule has 0 bridgehead atoms. The lowest BCUT2D eigenvalue weighted by atomic mass is 10.1. The van der Waals surface area contributed by atoms with Crippen molar-refractivity contribution in [1.82, 2.24) is 0 Å². The maximum atomic E-state index is 9.22. The van der Waals surface area contributed by atoms with Gasteiger partial charge in [0.1, 0.15) is 5.75 Å². The van der Waals surface area contributed by atoms with Gasteiger partial charge in [-0.1, -0.05) is 30.3 Å². The van der Waals surface area contributed by atoms with E-state index in [4.69, 9.17) is 0 Å². The van der Waals surface area contributed by atoms with Crippen LogP contribution in [0.2, 0.25) is 0 Å². The van der Waals surface area contributed by atoms with Gasteiger partial charge in [0, 0.05) is 4.90 Å². The van der Waals surface area contributed by atoms with Crippen LogP contribution >= 0.6 is 11.8 Å². The van der Waals surface area contributed by atoms with E-state index in [0.29, 0.717) is 5.75 Å². The molecule has 2 aromatic rings. The second-order valence-corrected chi connectivity index (χ2v) is 4.10. The van der Waals surface area contributed by atoms with E-state index >= 15 is 0 Å². The molecule has 0 saturated heterocycles. The first-order valence-electron chi connectivity index (χ1n) is 4.73. The van der Waals surface area contributed by atoms with Gasteiger partial charge in [-0.2, -0.15) is 0 Å². The summed E-state index contributed by atoms with van der Waals surface area (Å²) in [6.45, 7) is 0. The Balaban J connectivity index is 2.49. The lowest BCUT2D eigenvalue weighted by Crippen LogP contribution is -1.80. The minimum Gasteiger partial charge on any atom is -0.508 e. The monoisotopic (exact) mass is 216 g/mol. The van der Waals surface area contributed by atoms with Gasteiger partial charge in [0.15, 0.2) is 0 Å². The molecule has 2 heteroatoms. The Morgan fingerprint density at radius 2 is 1.60 bits per heavy atom. The molecule has 0 fully saturated rings. The normalized spacial score (nSPS) is 10.2. The summed E-state index contributed by atoms with van der Waals surface area (Å²) in [5, 5.41) is 9.22. The van der Waals surface area contributed by atoms with Crippen LogP contribution in [0.25, 0.3) is 11.1 Å². The van der Waals surface area contributed by atoms with E-state index in [1.807, 2.05) is 24.3 Å². The molecular formula is C13H12OS. The first-order chi connectivity index (χ1) is 7.31. The Kier molecular flexibility index (Phi) is 2.97. The third-order valence-electron chi connectivity index (χ3n) is 2.29. The van der Waals surface area contributed by atoms with Crippen LogP contribution in [-0.2, 0) is 0 Å². The van der Waals surface area contributed by atoms with Crippen LogP contribution in [0.4, 0.5) is 0 Å². The number of thioether (sulfide) groups is 1. The molecule has 0 aliphatic heterocycles. The fraction of sp³-hybridized carbons (Fsp3) is 0.0769. The predicted molar refractivity (Wildman–Crippen MR) is 65.3 cm³/mol. The Morgan fingerprint density at radius 1 is 0.933 bits per heavy atom. The van der Waals surface area contributed by atoms with Crippen molar-refractivity contribution >= 4 is 11.8 Å². The molecule has 76 valence electrons. The number of hydrogen-bond donors (Lipinski definition) is 1. The summed E-state index contributed by atoms with van der Waals surface area (Å²) in [6, 6.07) is 15.6. The van der Waals surface area contributed by atoms with Crippen molar-refractivity contribution < 1.29 is 5.11 Å². The van der Waals surface area contributed by atoms with E-state index in [1.165, 1.54) is 10.5 Å². The van der Waals surface area contributed by atoms with Crippen molar-refractivity contribution in [3.8, 4) is 16.9 Å². The molecule has 0 amide bonds. The standard InChI is InChI=1S/C13H12OS/c1-15-13-5-3-2-4-12(13)10-6-8-11(14)9-7-10/h2-9,14H,1H3. The second kappa shape index (κ2) is 4.41. The molecule has 0 saturated carbocycles. The summed E-state index contributed by atoms with van der Waals surface area (Å²) in [5.74, 6) is 0.306. The molecule has 0 unspecified atom stereocenters. The van der Waals surface area contributed by atoms with Crippen LogP contribution in [-0.4, -0.2) is 11.4 Å². The maximum Gasteiger partial charge on any atom is 0.115 e. The number of phenolic OH excluding ortho intramolecular Hbond substituents is 1. The van der Waals surface area contributed by atoms with E-state index < -0.39 is 0 Å². The molecule has 0 aliphatic carbocycles. The highest BCUT2D eigenvalue weighted by Crippen LogP contribution is 2.30. The first-order valence-corrected chi connectivity index (χ1v) is 5.96. The molecule has 0 aliphatic rings. The Labute approximate surface area is 93.8 Å². The number of rotatable bonds is 2. The van der Waals surface area contributed by atoms with Crippen molar-refractivity contribution in [2.75, 3.05) is 6.26 Å². The average Bonchev–Trinajstić information content (AvgIpc) is 2.30. The van der Waals surface area contributed by atoms with E-state index in [1.54, 1.807) is 23.9 Å². The maximum absolute atomic E-state index is 9.22. The highest BCUT2D eigenvalue weighted by Gasteiger charge is 2.02. The van der Waals surface area contributed by atoms with Crippen LogP contribution < -0.4 is 0 Å². The van der Waals surface area contributed by atoms with Gasteiger partial charge in [-0.25, -0.2) is 0 Å². The fourth-order valence-electron chi connectivity index (χ4n) is 1.52. The van der Waals surface area contributed by atoms with Gasteiger partial charge in [0.2, 0.25) is 0 Å². The Morgan fingerprint density at radius 3 is 2.27 bits per heavy atom. The van der Waals surface area contributed by atoms with Crippen LogP contribution in [0.1, 0.15) is 0 Å². The molecule has 2 aromatic carbocycles. The van der Waals surface area contributed by atoms with Gasteiger partial charge in [-0.3, -0.25) is 0 Å². The Bertz CT molecular complexity index is 448. The van der Waals surface area contributed by atoms with Crippen molar-refractivity contribution in [2.45, 2.75) is 4.90 Å².